The molecule has 0 spiro atoms. The van der Waals surface area contributed by atoms with Gasteiger partial charge in [0.15, 0.2) is 0 Å². The third kappa shape index (κ3) is 3.19. The van der Waals surface area contributed by atoms with E-state index in [1.807, 2.05) is 11.8 Å². The fourth-order valence-electron chi connectivity index (χ4n) is 2.15. The summed E-state index contributed by atoms with van der Waals surface area (Å²) in [4.78, 5) is 1.36. The van der Waals surface area contributed by atoms with Crippen LogP contribution in [0.5, 0.6) is 5.75 Å². The maximum Gasteiger partial charge on any atom is 0.122 e. The van der Waals surface area contributed by atoms with Crippen molar-refractivity contribution in [3.05, 3.63) is 58.1 Å². The lowest BCUT2D eigenvalue weighted by Crippen LogP contribution is -2.13. The Kier molecular flexibility index (Phi) is 3.92. The maximum atomic E-state index is 5.95. The minimum atomic E-state index is 0.454. The molecule has 1 aliphatic rings. The number of benzene rings is 2. The Balaban J connectivity index is 1.62. The maximum absolute atomic E-state index is 5.95. The second kappa shape index (κ2) is 5.66. The molecule has 0 aromatic heterocycles. The number of rotatable bonds is 3. The average Bonchev–Trinajstić information content (AvgIpc) is 2.78. The molecule has 4 heteroatoms. The Labute approximate surface area is 126 Å². The van der Waals surface area contributed by atoms with Crippen molar-refractivity contribution >= 4 is 35.0 Å². The quantitative estimate of drug-likeness (QED) is 0.781. The summed E-state index contributed by atoms with van der Waals surface area (Å²) in [6.07, 6.45) is 1.05. The molecular formula is C15H12Cl2OS. The first-order valence-corrected chi connectivity index (χ1v) is 7.68. The van der Waals surface area contributed by atoms with Gasteiger partial charge in [0.05, 0.1) is 0 Å². The van der Waals surface area contributed by atoms with Crippen molar-refractivity contribution in [3.8, 4) is 5.75 Å². The molecule has 98 valence electrons. The van der Waals surface area contributed by atoms with Crippen LogP contribution in [0, 0.1) is 0 Å². The summed E-state index contributed by atoms with van der Waals surface area (Å²) in [5, 5.41) is 1.66. The second-order valence-corrected chi connectivity index (χ2v) is 6.68. The van der Waals surface area contributed by atoms with Gasteiger partial charge in [0.25, 0.3) is 0 Å². The van der Waals surface area contributed by atoms with E-state index < -0.39 is 0 Å². The van der Waals surface area contributed by atoms with Crippen LogP contribution in [-0.2, 0) is 6.42 Å². The molecule has 1 aliphatic heterocycles. The van der Waals surface area contributed by atoms with E-state index in [4.69, 9.17) is 27.9 Å². The smallest absolute Gasteiger partial charge is 0.122 e. The summed E-state index contributed by atoms with van der Waals surface area (Å²) in [5.74, 6) is 0.731. The van der Waals surface area contributed by atoms with Crippen LogP contribution in [0.4, 0.5) is 0 Å². The van der Waals surface area contributed by atoms with Gasteiger partial charge in [-0.3, -0.25) is 0 Å². The number of ether oxygens (including phenoxy) is 1. The van der Waals surface area contributed by atoms with Gasteiger partial charge in [0, 0.05) is 20.2 Å². The standard InChI is InChI=1S/C15H12Cl2OS/c16-11-6-12(17)8-13(7-11)18-9-14-5-10-3-1-2-4-15(10)19-14/h1-4,6-8,14H,5,9H2. The zero-order valence-corrected chi connectivity index (χ0v) is 12.4. The second-order valence-electron chi connectivity index (χ2n) is 4.47. The van der Waals surface area contributed by atoms with E-state index in [1.54, 1.807) is 18.2 Å². The zero-order valence-electron chi connectivity index (χ0n) is 10.1. The molecule has 0 aliphatic carbocycles. The van der Waals surface area contributed by atoms with Crippen molar-refractivity contribution in [2.45, 2.75) is 16.6 Å². The van der Waals surface area contributed by atoms with Crippen molar-refractivity contribution in [3.63, 3.8) is 0 Å². The first kappa shape index (κ1) is 13.2. The predicted molar refractivity (Wildman–Crippen MR) is 81.7 cm³/mol. The number of fused-ring (bicyclic) bond motifs is 1. The van der Waals surface area contributed by atoms with Gasteiger partial charge in [-0.2, -0.15) is 0 Å². The largest absolute Gasteiger partial charge is 0.492 e. The highest BCUT2D eigenvalue weighted by Crippen LogP contribution is 2.37. The first-order chi connectivity index (χ1) is 9.20. The third-order valence-corrected chi connectivity index (χ3v) is 4.71. The fourth-order valence-corrected chi connectivity index (χ4v) is 3.87. The molecular weight excluding hydrogens is 299 g/mol. The van der Waals surface area contributed by atoms with Crippen molar-refractivity contribution < 1.29 is 4.74 Å². The van der Waals surface area contributed by atoms with E-state index in [0.29, 0.717) is 21.9 Å². The summed E-state index contributed by atoms with van der Waals surface area (Å²) in [5.41, 5.74) is 1.41. The molecule has 2 aromatic carbocycles. The van der Waals surface area contributed by atoms with E-state index in [0.717, 1.165) is 12.2 Å². The van der Waals surface area contributed by atoms with Crippen molar-refractivity contribution in [1.29, 1.82) is 0 Å². The van der Waals surface area contributed by atoms with Crippen LogP contribution in [0.1, 0.15) is 5.56 Å². The third-order valence-electron chi connectivity index (χ3n) is 2.99. The Hall–Kier alpha value is -0.830. The summed E-state index contributed by atoms with van der Waals surface area (Å²) in [6, 6.07) is 13.8. The van der Waals surface area contributed by atoms with E-state index >= 15 is 0 Å². The van der Waals surface area contributed by atoms with Crippen LogP contribution in [0.2, 0.25) is 10.0 Å². The SMILES string of the molecule is Clc1cc(Cl)cc(OCC2Cc3ccccc3S2)c1. The molecule has 1 atom stereocenters. The normalized spacial score (nSPS) is 17.3. The molecule has 3 rings (SSSR count). The van der Waals surface area contributed by atoms with Crippen LogP contribution in [0.25, 0.3) is 0 Å². The molecule has 1 nitrogen and oxygen atoms in total. The number of hydrogen-bond acceptors (Lipinski definition) is 2. The van der Waals surface area contributed by atoms with Gasteiger partial charge in [-0.15, -0.1) is 11.8 Å². The average molecular weight is 311 g/mol. The molecule has 0 saturated carbocycles. The van der Waals surface area contributed by atoms with Crippen molar-refractivity contribution in [1.82, 2.24) is 0 Å². The van der Waals surface area contributed by atoms with Gasteiger partial charge in [-0.05, 0) is 36.2 Å². The molecule has 1 heterocycles. The first-order valence-electron chi connectivity index (χ1n) is 6.04. The van der Waals surface area contributed by atoms with Crippen LogP contribution in [0.15, 0.2) is 47.4 Å². The van der Waals surface area contributed by atoms with Crippen molar-refractivity contribution in [2.75, 3.05) is 6.61 Å². The highest BCUT2D eigenvalue weighted by Gasteiger charge is 2.22. The van der Waals surface area contributed by atoms with Gasteiger partial charge in [-0.1, -0.05) is 41.4 Å². The molecule has 2 aromatic rings. The lowest BCUT2D eigenvalue weighted by atomic mass is 10.1. The van der Waals surface area contributed by atoms with Crippen LogP contribution < -0.4 is 4.74 Å². The molecule has 0 saturated heterocycles. The van der Waals surface area contributed by atoms with E-state index in [1.165, 1.54) is 10.5 Å². The molecule has 0 bridgehead atoms. The summed E-state index contributed by atoms with van der Waals surface area (Å²) in [6.45, 7) is 0.663. The number of hydrogen-bond donors (Lipinski definition) is 0. The number of thioether (sulfide) groups is 1. The molecule has 19 heavy (non-hydrogen) atoms. The Bertz CT molecular complexity index is 555. The van der Waals surface area contributed by atoms with Crippen LogP contribution in [-0.4, -0.2) is 11.9 Å². The van der Waals surface area contributed by atoms with E-state index in [-0.39, 0.29) is 0 Å². The lowest BCUT2D eigenvalue weighted by Gasteiger charge is -2.11. The molecule has 0 amide bonds. The summed E-state index contributed by atoms with van der Waals surface area (Å²) in [7, 11) is 0. The monoisotopic (exact) mass is 310 g/mol. The molecule has 0 N–H and O–H groups in total. The highest BCUT2D eigenvalue weighted by molar-refractivity contribution is 8.00. The van der Waals surface area contributed by atoms with Gasteiger partial charge >= 0.3 is 0 Å². The minimum absolute atomic E-state index is 0.454. The van der Waals surface area contributed by atoms with Gasteiger partial charge in [-0.25, -0.2) is 0 Å². The van der Waals surface area contributed by atoms with Gasteiger partial charge < -0.3 is 4.74 Å². The van der Waals surface area contributed by atoms with Gasteiger partial charge in [0.2, 0.25) is 0 Å². The van der Waals surface area contributed by atoms with E-state index in [2.05, 4.69) is 24.3 Å². The van der Waals surface area contributed by atoms with Gasteiger partial charge in [0.1, 0.15) is 12.4 Å². The fraction of sp³-hybridized carbons (Fsp3) is 0.200. The highest BCUT2D eigenvalue weighted by atomic mass is 35.5. The topological polar surface area (TPSA) is 9.23 Å². The molecule has 0 radical (unpaired) electrons. The Morgan fingerprint density at radius 2 is 1.84 bits per heavy atom. The Morgan fingerprint density at radius 1 is 1.11 bits per heavy atom. The summed E-state index contributed by atoms with van der Waals surface area (Å²) < 4.78 is 5.79. The van der Waals surface area contributed by atoms with Crippen molar-refractivity contribution in [2.24, 2.45) is 0 Å². The predicted octanol–water partition coefficient (Wildman–Crippen LogP) is 5.09. The number of halogens is 2. The molecule has 1 unspecified atom stereocenters. The molecule has 0 fully saturated rings. The lowest BCUT2D eigenvalue weighted by molar-refractivity contribution is 0.317. The Morgan fingerprint density at radius 3 is 2.58 bits per heavy atom. The van der Waals surface area contributed by atoms with Crippen LogP contribution >= 0.6 is 35.0 Å². The van der Waals surface area contributed by atoms with E-state index in [9.17, 15) is 0 Å². The summed E-state index contributed by atoms with van der Waals surface area (Å²) >= 11 is 13.8. The minimum Gasteiger partial charge on any atom is -0.492 e. The van der Waals surface area contributed by atoms with Crippen LogP contribution in [0.3, 0.4) is 0 Å². The zero-order chi connectivity index (χ0) is 13.2.